The molecule has 23 heavy (non-hydrogen) atoms. The van der Waals surface area contributed by atoms with E-state index in [4.69, 9.17) is 0 Å². The van der Waals surface area contributed by atoms with Gasteiger partial charge >= 0.3 is 0 Å². The van der Waals surface area contributed by atoms with E-state index >= 15 is 0 Å². The van der Waals surface area contributed by atoms with Crippen LogP contribution in [0.1, 0.15) is 30.4 Å². The summed E-state index contributed by atoms with van der Waals surface area (Å²) in [6, 6.07) is 6.45. The third-order valence-electron chi connectivity index (χ3n) is 4.45. The molecule has 5 heteroatoms. The molecule has 0 bridgehead atoms. The molecule has 4 rings (SSSR count). The minimum absolute atomic E-state index is 0.880. The van der Waals surface area contributed by atoms with Crippen LogP contribution in [0.2, 0.25) is 0 Å². The zero-order chi connectivity index (χ0) is 15.8. The Balaban J connectivity index is 1.83. The van der Waals surface area contributed by atoms with Gasteiger partial charge in [0.05, 0.1) is 17.3 Å². The third kappa shape index (κ3) is 2.56. The molecule has 0 atom stereocenters. The molecule has 0 aliphatic carbocycles. The van der Waals surface area contributed by atoms with Crippen molar-refractivity contribution in [2.24, 2.45) is 0 Å². The zero-order valence-electron chi connectivity index (χ0n) is 13.7. The Kier molecular flexibility index (Phi) is 3.48. The van der Waals surface area contributed by atoms with E-state index in [0.29, 0.717) is 0 Å². The van der Waals surface area contributed by atoms with Gasteiger partial charge in [-0.3, -0.25) is 0 Å². The number of piperidine rings is 1. The molecule has 1 saturated heterocycles. The van der Waals surface area contributed by atoms with Gasteiger partial charge in [-0.25, -0.2) is 14.6 Å². The maximum absolute atomic E-state index is 4.59. The van der Waals surface area contributed by atoms with E-state index in [-0.39, 0.29) is 0 Å². The van der Waals surface area contributed by atoms with E-state index in [0.717, 1.165) is 35.6 Å². The normalized spacial score (nSPS) is 15.3. The predicted octanol–water partition coefficient (Wildman–Crippen LogP) is 3.42. The summed E-state index contributed by atoms with van der Waals surface area (Å²) < 4.78 is 1.92. The Hall–Kier alpha value is -2.43. The molecular weight excluding hydrogens is 286 g/mol. The summed E-state index contributed by atoms with van der Waals surface area (Å²) in [4.78, 5) is 11.4. The maximum atomic E-state index is 4.59. The second kappa shape index (κ2) is 5.65. The van der Waals surface area contributed by atoms with Crippen molar-refractivity contribution in [2.75, 3.05) is 18.0 Å². The van der Waals surface area contributed by atoms with E-state index in [1.54, 1.807) is 6.33 Å². The maximum Gasteiger partial charge on any atom is 0.168 e. The Bertz CT molecular complexity index is 825. The first-order valence-electron chi connectivity index (χ1n) is 8.25. The second-order valence-electron chi connectivity index (χ2n) is 6.38. The quantitative estimate of drug-likeness (QED) is 0.728. The van der Waals surface area contributed by atoms with Crippen molar-refractivity contribution >= 4 is 16.9 Å². The Morgan fingerprint density at radius 3 is 2.39 bits per heavy atom. The average molecular weight is 307 g/mol. The Morgan fingerprint density at radius 1 is 0.913 bits per heavy atom. The summed E-state index contributed by atoms with van der Waals surface area (Å²) in [5.74, 6) is 1.02. The number of nitrogens with zero attached hydrogens (tertiary/aromatic N) is 5. The molecule has 1 aliphatic heterocycles. The molecule has 1 aromatic carbocycles. The van der Waals surface area contributed by atoms with E-state index in [2.05, 4.69) is 52.0 Å². The fourth-order valence-electron chi connectivity index (χ4n) is 3.45. The summed E-state index contributed by atoms with van der Waals surface area (Å²) in [6.45, 7) is 6.36. The van der Waals surface area contributed by atoms with Crippen molar-refractivity contribution in [1.82, 2.24) is 19.7 Å². The molecule has 0 radical (unpaired) electrons. The van der Waals surface area contributed by atoms with Crippen molar-refractivity contribution in [1.29, 1.82) is 0 Å². The number of aryl methyl sites for hydroxylation is 2. The number of hydrogen-bond donors (Lipinski definition) is 0. The number of rotatable bonds is 2. The van der Waals surface area contributed by atoms with Gasteiger partial charge in [0.2, 0.25) is 0 Å². The molecule has 118 valence electrons. The summed E-state index contributed by atoms with van der Waals surface area (Å²) in [7, 11) is 0. The largest absolute Gasteiger partial charge is 0.356 e. The molecule has 3 heterocycles. The van der Waals surface area contributed by atoms with Crippen LogP contribution in [0.15, 0.2) is 30.7 Å². The van der Waals surface area contributed by atoms with Crippen LogP contribution in [-0.4, -0.2) is 32.8 Å². The van der Waals surface area contributed by atoms with Gasteiger partial charge in [0.1, 0.15) is 12.1 Å². The zero-order valence-corrected chi connectivity index (χ0v) is 13.7. The topological polar surface area (TPSA) is 46.8 Å². The van der Waals surface area contributed by atoms with E-state index in [9.17, 15) is 0 Å². The van der Waals surface area contributed by atoms with Crippen LogP contribution < -0.4 is 4.90 Å². The highest BCUT2D eigenvalue weighted by Crippen LogP contribution is 2.27. The average Bonchev–Trinajstić information content (AvgIpc) is 2.99. The molecular formula is C18H21N5. The smallest absolute Gasteiger partial charge is 0.168 e. The Morgan fingerprint density at radius 2 is 1.65 bits per heavy atom. The van der Waals surface area contributed by atoms with E-state index < -0.39 is 0 Å². The lowest BCUT2D eigenvalue weighted by molar-refractivity contribution is 0.574. The van der Waals surface area contributed by atoms with Gasteiger partial charge in [-0.1, -0.05) is 6.07 Å². The molecule has 0 unspecified atom stereocenters. The molecule has 1 aliphatic rings. The second-order valence-corrected chi connectivity index (χ2v) is 6.38. The number of anilines is 1. The van der Waals surface area contributed by atoms with Gasteiger partial charge in [0, 0.05) is 13.1 Å². The van der Waals surface area contributed by atoms with Gasteiger partial charge in [0.25, 0.3) is 0 Å². The molecule has 5 nitrogen and oxygen atoms in total. The molecule has 0 saturated carbocycles. The van der Waals surface area contributed by atoms with Gasteiger partial charge < -0.3 is 4.90 Å². The first kappa shape index (κ1) is 14.2. The van der Waals surface area contributed by atoms with Crippen LogP contribution in [0.5, 0.6) is 0 Å². The fourth-order valence-corrected chi connectivity index (χ4v) is 3.45. The monoisotopic (exact) mass is 307 g/mol. The van der Waals surface area contributed by atoms with E-state index in [1.165, 1.54) is 30.4 Å². The molecule has 0 N–H and O–H groups in total. The molecule has 2 aromatic heterocycles. The lowest BCUT2D eigenvalue weighted by Crippen LogP contribution is -2.30. The molecule has 3 aromatic rings. The van der Waals surface area contributed by atoms with Gasteiger partial charge in [0.15, 0.2) is 5.65 Å². The first-order chi connectivity index (χ1) is 11.2. The number of benzene rings is 1. The van der Waals surface area contributed by atoms with Crippen LogP contribution in [0.25, 0.3) is 16.7 Å². The minimum Gasteiger partial charge on any atom is -0.356 e. The van der Waals surface area contributed by atoms with E-state index in [1.807, 2.05) is 10.9 Å². The summed E-state index contributed by atoms with van der Waals surface area (Å²) >= 11 is 0. The van der Waals surface area contributed by atoms with Crippen molar-refractivity contribution in [3.63, 3.8) is 0 Å². The highest BCUT2D eigenvalue weighted by molar-refractivity contribution is 5.87. The highest BCUT2D eigenvalue weighted by atomic mass is 15.3. The Labute approximate surface area is 136 Å². The number of aromatic nitrogens is 4. The first-order valence-corrected chi connectivity index (χ1v) is 8.25. The van der Waals surface area contributed by atoms with Crippen molar-refractivity contribution in [3.8, 4) is 5.69 Å². The van der Waals surface area contributed by atoms with Gasteiger partial charge in [-0.05, 0) is 56.4 Å². The fraction of sp³-hybridized carbons (Fsp3) is 0.389. The number of fused-ring (bicyclic) bond motifs is 1. The van der Waals surface area contributed by atoms with Gasteiger partial charge in [-0.2, -0.15) is 5.10 Å². The SMILES string of the molecule is Cc1cc(C)cc(-n2ncc3c(N4CCCCC4)ncnc32)c1. The van der Waals surface area contributed by atoms with Crippen LogP contribution in [-0.2, 0) is 0 Å². The minimum atomic E-state index is 0.880. The van der Waals surface area contributed by atoms with Crippen molar-refractivity contribution < 1.29 is 0 Å². The lowest BCUT2D eigenvalue weighted by Gasteiger charge is -2.27. The molecule has 0 amide bonds. The molecule has 0 spiro atoms. The van der Waals surface area contributed by atoms with Crippen LogP contribution >= 0.6 is 0 Å². The van der Waals surface area contributed by atoms with Gasteiger partial charge in [-0.15, -0.1) is 0 Å². The summed E-state index contributed by atoms with van der Waals surface area (Å²) in [6.07, 6.45) is 7.34. The lowest BCUT2D eigenvalue weighted by atomic mass is 10.1. The summed E-state index contributed by atoms with van der Waals surface area (Å²) in [5, 5.41) is 5.63. The van der Waals surface area contributed by atoms with Crippen LogP contribution in [0, 0.1) is 13.8 Å². The van der Waals surface area contributed by atoms with Crippen LogP contribution in [0.3, 0.4) is 0 Å². The third-order valence-corrected chi connectivity index (χ3v) is 4.45. The van der Waals surface area contributed by atoms with Crippen molar-refractivity contribution in [3.05, 3.63) is 41.9 Å². The highest BCUT2D eigenvalue weighted by Gasteiger charge is 2.18. The predicted molar refractivity (Wildman–Crippen MR) is 92.2 cm³/mol. The standard InChI is InChI=1S/C18H21N5/c1-13-8-14(2)10-15(9-13)23-18-16(11-21-23)17(19-12-20-18)22-6-4-3-5-7-22/h8-12H,3-7H2,1-2H3. The van der Waals surface area contributed by atoms with Crippen LogP contribution in [0.4, 0.5) is 5.82 Å². The molecule has 1 fully saturated rings. The number of hydrogen-bond acceptors (Lipinski definition) is 4. The van der Waals surface area contributed by atoms with Crippen molar-refractivity contribution in [2.45, 2.75) is 33.1 Å². The summed E-state index contributed by atoms with van der Waals surface area (Å²) in [5.41, 5.74) is 4.40.